The van der Waals surface area contributed by atoms with Crippen LogP contribution in [-0.2, 0) is 0 Å². The van der Waals surface area contributed by atoms with Gasteiger partial charge in [-0.2, -0.15) is 0 Å². The first kappa shape index (κ1) is 9.85. The third-order valence-corrected chi connectivity index (χ3v) is 3.25. The number of phenolic OH excluding ortho intramolecular Hbond substituents is 1. The molecule has 0 atom stereocenters. The Kier molecular flexibility index (Phi) is 2.44. The Labute approximate surface area is 90.2 Å². The second-order valence-electron chi connectivity index (χ2n) is 2.90. The summed E-state index contributed by atoms with van der Waals surface area (Å²) >= 11 is 5.52. The SMILES string of the molecule is OB(O)c1csc2cc(O)cc(S)c12. The zero-order valence-corrected chi connectivity index (χ0v) is 8.72. The van der Waals surface area contributed by atoms with E-state index in [1.165, 1.54) is 17.4 Å². The van der Waals surface area contributed by atoms with Gasteiger partial charge in [-0.15, -0.1) is 24.0 Å². The van der Waals surface area contributed by atoms with Gasteiger partial charge in [0.1, 0.15) is 5.75 Å². The second kappa shape index (κ2) is 3.47. The fourth-order valence-electron chi connectivity index (χ4n) is 1.35. The summed E-state index contributed by atoms with van der Waals surface area (Å²) in [6.07, 6.45) is 0. The maximum atomic E-state index is 9.29. The van der Waals surface area contributed by atoms with E-state index in [0.717, 1.165) is 4.70 Å². The van der Waals surface area contributed by atoms with Gasteiger partial charge < -0.3 is 15.2 Å². The Balaban J connectivity index is 2.79. The van der Waals surface area contributed by atoms with Crippen molar-refractivity contribution in [2.45, 2.75) is 4.90 Å². The lowest BCUT2D eigenvalue weighted by molar-refractivity contribution is 0.426. The molecule has 2 aromatic rings. The highest BCUT2D eigenvalue weighted by Crippen LogP contribution is 2.29. The topological polar surface area (TPSA) is 60.7 Å². The molecule has 1 aromatic heterocycles. The van der Waals surface area contributed by atoms with Gasteiger partial charge in [0.25, 0.3) is 0 Å². The van der Waals surface area contributed by atoms with Crippen molar-refractivity contribution in [3.63, 3.8) is 0 Å². The van der Waals surface area contributed by atoms with Gasteiger partial charge in [0.15, 0.2) is 0 Å². The van der Waals surface area contributed by atoms with Crippen LogP contribution in [-0.4, -0.2) is 22.3 Å². The minimum absolute atomic E-state index is 0.128. The number of hydrogen-bond donors (Lipinski definition) is 4. The Hall–Kier alpha value is -0.685. The fourth-order valence-corrected chi connectivity index (χ4v) is 2.83. The van der Waals surface area contributed by atoms with Gasteiger partial charge in [-0.25, -0.2) is 0 Å². The van der Waals surface area contributed by atoms with Gasteiger partial charge in [-0.3, -0.25) is 0 Å². The van der Waals surface area contributed by atoms with Crippen molar-refractivity contribution in [2.24, 2.45) is 0 Å². The highest BCUT2D eigenvalue weighted by molar-refractivity contribution is 7.80. The zero-order valence-electron chi connectivity index (χ0n) is 7.01. The number of thiol groups is 1. The standard InChI is InChI=1S/C8H7BO3S2/c10-4-1-6(13)8-5(9(11)12)3-14-7(8)2-4/h1-3,10-13H. The molecule has 14 heavy (non-hydrogen) atoms. The van der Waals surface area contributed by atoms with Crippen LogP contribution in [0.25, 0.3) is 10.1 Å². The van der Waals surface area contributed by atoms with Gasteiger partial charge in [-0.1, -0.05) is 0 Å². The van der Waals surface area contributed by atoms with Crippen LogP contribution >= 0.6 is 24.0 Å². The molecule has 0 aliphatic rings. The molecule has 0 radical (unpaired) electrons. The van der Waals surface area contributed by atoms with Crippen LogP contribution in [0.1, 0.15) is 0 Å². The van der Waals surface area contributed by atoms with E-state index in [0.29, 0.717) is 15.7 Å². The third kappa shape index (κ3) is 1.50. The minimum Gasteiger partial charge on any atom is -0.508 e. The molecule has 0 bridgehead atoms. The zero-order chi connectivity index (χ0) is 10.3. The molecular formula is C8H7BO3S2. The van der Waals surface area contributed by atoms with Crippen molar-refractivity contribution >= 4 is 46.6 Å². The first-order chi connectivity index (χ1) is 6.59. The highest BCUT2D eigenvalue weighted by Gasteiger charge is 2.18. The predicted molar refractivity (Wildman–Crippen MR) is 60.6 cm³/mol. The van der Waals surface area contributed by atoms with Crippen molar-refractivity contribution < 1.29 is 15.2 Å². The molecule has 0 unspecified atom stereocenters. The van der Waals surface area contributed by atoms with Gasteiger partial charge in [0, 0.05) is 20.4 Å². The largest absolute Gasteiger partial charge is 0.508 e. The van der Waals surface area contributed by atoms with E-state index in [9.17, 15) is 5.11 Å². The average molecular weight is 226 g/mol. The van der Waals surface area contributed by atoms with E-state index in [1.807, 2.05) is 0 Å². The van der Waals surface area contributed by atoms with E-state index in [2.05, 4.69) is 12.6 Å². The van der Waals surface area contributed by atoms with Crippen LogP contribution in [0.5, 0.6) is 5.75 Å². The summed E-state index contributed by atoms with van der Waals surface area (Å²) in [5, 5.41) is 29.8. The van der Waals surface area contributed by atoms with Crippen molar-refractivity contribution in [1.29, 1.82) is 0 Å². The molecule has 0 saturated carbocycles. The van der Waals surface area contributed by atoms with Crippen LogP contribution in [0.4, 0.5) is 0 Å². The molecule has 0 saturated heterocycles. The minimum atomic E-state index is -1.50. The van der Waals surface area contributed by atoms with Crippen molar-refractivity contribution in [1.82, 2.24) is 0 Å². The normalized spacial score (nSPS) is 10.8. The van der Waals surface area contributed by atoms with Gasteiger partial charge in [0.05, 0.1) is 0 Å². The number of aromatic hydroxyl groups is 1. The maximum absolute atomic E-state index is 9.29. The molecule has 1 aromatic carbocycles. The number of benzene rings is 1. The van der Waals surface area contributed by atoms with Crippen LogP contribution in [0.15, 0.2) is 22.4 Å². The first-order valence-electron chi connectivity index (χ1n) is 3.89. The van der Waals surface area contributed by atoms with Crippen LogP contribution < -0.4 is 5.46 Å². The maximum Gasteiger partial charge on any atom is 0.489 e. The lowest BCUT2D eigenvalue weighted by atomic mass is 9.80. The first-order valence-corrected chi connectivity index (χ1v) is 5.21. The molecule has 3 nitrogen and oxygen atoms in total. The Morgan fingerprint density at radius 1 is 1.29 bits per heavy atom. The lowest BCUT2D eigenvalue weighted by Crippen LogP contribution is -2.28. The Bertz CT molecular complexity index is 481. The van der Waals surface area contributed by atoms with Crippen LogP contribution in [0.2, 0.25) is 0 Å². The van der Waals surface area contributed by atoms with E-state index < -0.39 is 7.12 Å². The number of hydrogen-bond acceptors (Lipinski definition) is 5. The third-order valence-electron chi connectivity index (χ3n) is 1.95. The quantitative estimate of drug-likeness (QED) is 0.425. The molecule has 6 heteroatoms. The molecule has 0 fully saturated rings. The Morgan fingerprint density at radius 3 is 2.64 bits per heavy atom. The molecule has 2 rings (SSSR count). The summed E-state index contributed by atoms with van der Waals surface area (Å²) in [5.41, 5.74) is 0.426. The van der Waals surface area contributed by atoms with Crippen molar-refractivity contribution in [3.8, 4) is 5.75 Å². The van der Waals surface area contributed by atoms with Gasteiger partial charge in [-0.05, 0) is 17.5 Å². The lowest BCUT2D eigenvalue weighted by Gasteiger charge is -2.01. The monoisotopic (exact) mass is 226 g/mol. The molecule has 0 spiro atoms. The second-order valence-corrected chi connectivity index (χ2v) is 4.30. The smallest absolute Gasteiger partial charge is 0.489 e. The number of rotatable bonds is 1. The average Bonchev–Trinajstić information content (AvgIpc) is 2.47. The molecule has 1 heterocycles. The summed E-state index contributed by atoms with van der Waals surface area (Å²) in [6.45, 7) is 0. The number of thiophene rings is 1. The predicted octanol–water partition coefficient (Wildman–Crippen LogP) is 0.575. The number of fused-ring (bicyclic) bond motifs is 1. The molecular weight excluding hydrogens is 219 g/mol. The molecule has 0 amide bonds. The van der Waals surface area contributed by atoms with E-state index in [-0.39, 0.29) is 5.75 Å². The number of phenols is 1. The summed E-state index contributed by atoms with van der Waals surface area (Å²) in [5.74, 6) is 0.128. The van der Waals surface area contributed by atoms with Crippen molar-refractivity contribution in [3.05, 3.63) is 17.5 Å². The Morgan fingerprint density at radius 2 is 2.00 bits per heavy atom. The highest BCUT2D eigenvalue weighted by atomic mass is 32.1. The molecule has 3 N–H and O–H groups in total. The molecule has 72 valence electrons. The summed E-state index contributed by atoms with van der Waals surface area (Å²) in [6, 6.07) is 3.05. The summed E-state index contributed by atoms with van der Waals surface area (Å²) < 4.78 is 0.790. The molecule has 0 aliphatic heterocycles. The van der Waals surface area contributed by atoms with E-state index in [4.69, 9.17) is 10.0 Å². The van der Waals surface area contributed by atoms with Crippen LogP contribution in [0.3, 0.4) is 0 Å². The van der Waals surface area contributed by atoms with Gasteiger partial charge in [0.2, 0.25) is 0 Å². The molecule has 0 aliphatic carbocycles. The van der Waals surface area contributed by atoms with E-state index >= 15 is 0 Å². The van der Waals surface area contributed by atoms with Gasteiger partial charge >= 0.3 is 7.12 Å². The summed E-state index contributed by atoms with van der Waals surface area (Å²) in [7, 11) is -1.50. The van der Waals surface area contributed by atoms with Crippen molar-refractivity contribution in [2.75, 3.05) is 0 Å². The summed E-state index contributed by atoms with van der Waals surface area (Å²) in [4.78, 5) is 0.546. The van der Waals surface area contributed by atoms with E-state index in [1.54, 1.807) is 11.4 Å². The van der Waals surface area contributed by atoms with Crippen LogP contribution in [0, 0.1) is 0 Å². The fraction of sp³-hybridized carbons (Fsp3) is 0.